The minimum Gasteiger partial charge on any atom is -0.390 e. The van der Waals surface area contributed by atoms with E-state index in [1.165, 1.54) is 30.3 Å². The summed E-state index contributed by atoms with van der Waals surface area (Å²) in [5.74, 6) is -0.540. The molecular formula is C22H25FN6O5S. The molecule has 1 aliphatic rings. The van der Waals surface area contributed by atoms with Gasteiger partial charge in [0.05, 0.1) is 18.2 Å². The molecule has 0 saturated heterocycles. The number of nitrogens with one attached hydrogen (secondary N) is 2. The summed E-state index contributed by atoms with van der Waals surface area (Å²) in [6, 6.07) is 6.22. The fraction of sp³-hybridized carbons (Fsp3) is 0.364. The van der Waals surface area contributed by atoms with Crippen molar-refractivity contribution in [1.29, 1.82) is 0 Å². The summed E-state index contributed by atoms with van der Waals surface area (Å²) in [5, 5.41) is 17.6. The van der Waals surface area contributed by atoms with Gasteiger partial charge in [0.1, 0.15) is 29.8 Å². The Morgan fingerprint density at radius 1 is 1.31 bits per heavy atom. The standard InChI is InChI=1S/C22H25FN6O5S/c1-13-4-3-5-14(20(13)23)11-29-7-6-17(28-29)21(31)16-10-25-12-26-22(16)27-15-8-18(30)19(9-15)34-35(32,33)24-2/h3-7,10,12,15,18-19,24,30H,8-9,11H2,1-2H3,(H,25,26,27)/t15-,18+,19-/m1/s1. The number of ketones is 1. The van der Waals surface area contributed by atoms with Crippen LogP contribution in [0.25, 0.3) is 0 Å². The van der Waals surface area contributed by atoms with Crippen LogP contribution in [0, 0.1) is 12.7 Å². The molecule has 0 aliphatic heterocycles. The molecule has 11 nitrogen and oxygen atoms in total. The minimum atomic E-state index is -3.97. The smallest absolute Gasteiger partial charge is 0.335 e. The highest BCUT2D eigenvalue weighted by Crippen LogP contribution is 2.28. The molecule has 13 heteroatoms. The van der Waals surface area contributed by atoms with Crippen molar-refractivity contribution in [1.82, 2.24) is 24.5 Å². The molecule has 0 spiro atoms. The third-order valence-corrected chi connectivity index (χ3v) is 6.75. The SMILES string of the molecule is CNS(=O)(=O)O[C@@H]1C[C@H](Nc2ncncc2C(=O)c2ccn(Cc3cccc(C)c3F)n2)C[C@@H]1O. The Kier molecular flexibility index (Phi) is 7.21. The van der Waals surface area contributed by atoms with E-state index in [9.17, 15) is 22.7 Å². The third kappa shape index (κ3) is 5.70. The monoisotopic (exact) mass is 504 g/mol. The van der Waals surface area contributed by atoms with Crippen molar-refractivity contribution < 1.29 is 26.9 Å². The number of benzene rings is 1. The average Bonchev–Trinajstić information content (AvgIpc) is 3.43. The van der Waals surface area contributed by atoms with Crippen LogP contribution in [0.1, 0.15) is 40.0 Å². The number of hydrogen-bond acceptors (Lipinski definition) is 9. The van der Waals surface area contributed by atoms with Crippen LogP contribution in [-0.2, 0) is 21.0 Å². The Morgan fingerprint density at radius 3 is 2.89 bits per heavy atom. The van der Waals surface area contributed by atoms with E-state index in [0.717, 1.165) is 0 Å². The number of nitrogens with zero attached hydrogens (tertiary/aromatic N) is 4. The van der Waals surface area contributed by atoms with E-state index in [2.05, 4.69) is 20.4 Å². The van der Waals surface area contributed by atoms with Crippen molar-refractivity contribution in [3.63, 3.8) is 0 Å². The van der Waals surface area contributed by atoms with E-state index in [0.29, 0.717) is 11.1 Å². The zero-order valence-electron chi connectivity index (χ0n) is 19.1. The molecule has 1 fully saturated rings. The summed E-state index contributed by atoms with van der Waals surface area (Å²) >= 11 is 0. The second-order valence-electron chi connectivity index (χ2n) is 8.23. The average molecular weight is 505 g/mol. The van der Waals surface area contributed by atoms with Gasteiger partial charge in [-0.3, -0.25) is 13.7 Å². The Labute approximate surface area is 201 Å². The largest absolute Gasteiger partial charge is 0.390 e. The fourth-order valence-corrected chi connectivity index (χ4v) is 4.56. The van der Waals surface area contributed by atoms with Gasteiger partial charge >= 0.3 is 10.3 Å². The van der Waals surface area contributed by atoms with E-state index in [-0.39, 0.29) is 42.3 Å². The van der Waals surface area contributed by atoms with Crippen LogP contribution < -0.4 is 10.0 Å². The number of carbonyl (C=O) groups excluding carboxylic acids is 1. The molecular weight excluding hydrogens is 479 g/mol. The number of aryl methyl sites for hydroxylation is 1. The van der Waals surface area contributed by atoms with Gasteiger partial charge in [-0.2, -0.15) is 18.2 Å². The molecule has 1 saturated carbocycles. The molecule has 0 unspecified atom stereocenters. The van der Waals surface area contributed by atoms with Crippen molar-refractivity contribution in [2.75, 3.05) is 12.4 Å². The lowest BCUT2D eigenvalue weighted by Gasteiger charge is -2.15. The van der Waals surface area contributed by atoms with Gasteiger partial charge in [-0.1, -0.05) is 18.2 Å². The second kappa shape index (κ2) is 10.2. The highest BCUT2D eigenvalue weighted by Gasteiger charge is 2.37. The topological polar surface area (TPSA) is 148 Å². The van der Waals surface area contributed by atoms with Crippen molar-refractivity contribution in [2.24, 2.45) is 0 Å². The van der Waals surface area contributed by atoms with Crippen LogP contribution in [-0.4, -0.2) is 64.4 Å². The van der Waals surface area contributed by atoms with Crippen LogP contribution in [0.2, 0.25) is 0 Å². The molecule has 3 atom stereocenters. The molecule has 1 aromatic carbocycles. The number of rotatable bonds is 9. The molecule has 0 bridgehead atoms. The number of hydrogen-bond donors (Lipinski definition) is 3. The number of aliphatic hydroxyl groups excluding tert-OH is 1. The van der Waals surface area contributed by atoms with Crippen molar-refractivity contribution in [3.05, 3.63) is 71.2 Å². The van der Waals surface area contributed by atoms with Crippen molar-refractivity contribution >= 4 is 21.9 Å². The highest BCUT2D eigenvalue weighted by molar-refractivity contribution is 7.84. The number of carbonyl (C=O) groups is 1. The van der Waals surface area contributed by atoms with Crippen LogP contribution in [0.4, 0.5) is 10.2 Å². The van der Waals surface area contributed by atoms with Gasteiger partial charge in [-0.15, -0.1) is 0 Å². The number of halogens is 1. The molecule has 2 heterocycles. The molecule has 0 radical (unpaired) electrons. The minimum absolute atomic E-state index is 0.128. The summed E-state index contributed by atoms with van der Waals surface area (Å²) in [6.45, 7) is 1.84. The van der Waals surface area contributed by atoms with Gasteiger partial charge in [-0.05, 0) is 31.4 Å². The first-order chi connectivity index (χ1) is 16.7. The first-order valence-corrected chi connectivity index (χ1v) is 12.3. The van der Waals surface area contributed by atoms with E-state index < -0.39 is 34.3 Å². The van der Waals surface area contributed by atoms with Gasteiger partial charge in [0, 0.05) is 31.0 Å². The molecule has 35 heavy (non-hydrogen) atoms. The Bertz CT molecular complexity index is 1330. The summed E-state index contributed by atoms with van der Waals surface area (Å²) in [5.41, 5.74) is 1.26. The number of anilines is 1. The van der Waals surface area contributed by atoms with Crippen LogP contribution in [0.15, 0.2) is 43.0 Å². The maximum Gasteiger partial charge on any atom is 0.335 e. The predicted molar refractivity (Wildman–Crippen MR) is 123 cm³/mol. The molecule has 2 aromatic heterocycles. The lowest BCUT2D eigenvalue weighted by molar-refractivity contribution is 0.0636. The fourth-order valence-electron chi connectivity index (χ4n) is 3.93. The first kappa shape index (κ1) is 24.9. The van der Waals surface area contributed by atoms with E-state index in [1.54, 1.807) is 31.3 Å². The zero-order chi connectivity index (χ0) is 25.2. The van der Waals surface area contributed by atoms with Crippen molar-refractivity contribution in [2.45, 2.75) is 44.6 Å². The summed E-state index contributed by atoms with van der Waals surface area (Å²) in [4.78, 5) is 21.2. The maximum absolute atomic E-state index is 14.3. The molecule has 3 N–H and O–H groups in total. The highest BCUT2D eigenvalue weighted by atomic mass is 32.2. The molecule has 3 aromatic rings. The van der Waals surface area contributed by atoms with Gasteiger partial charge in [0.15, 0.2) is 0 Å². The summed E-state index contributed by atoms with van der Waals surface area (Å²) < 4.78 is 46.1. The Balaban J connectivity index is 1.48. The van der Waals surface area contributed by atoms with Gasteiger partial charge in [0.25, 0.3) is 0 Å². The maximum atomic E-state index is 14.3. The number of aliphatic hydroxyl groups is 1. The lowest BCUT2D eigenvalue weighted by Crippen LogP contribution is -2.31. The Hall–Kier alpha value is -3.26. The second-order valence-corrected chi connectivity index (χ2v) is 9.74. The van der Waals surface area contributed by atoms with Crippen LogP contribution in [0.5, 0.6) is 0 Å². The summed E-state index contributed by atoms with van der Waals surface area (Å²) in [7, 11) is -2.75. The van der Waals surface area contributed by atoms with Gasteiger partial charge < -0.3 is 10.4 Å². The van der Waals surface area contributed by atoms with E-state index >= 15 is 0 Å². The van der Waals surface area contributed by atoms with Crippen LogP contribution in [0.3, 0.4) is 0 Å². The van der Waals surface area contributed by atoms with Gasteiger partial charge in [0.2, 0.25) is 5.78 Å². The zero-order valence-corrected chi connectivity index (χ0v) is 19.9. The molecule has 0 amide bonds. The van der Waals surface area contributed by atoms with E-state index in [1.807, 2.05) is 4.72 Å². The van der Waals surface area contributed by atoms with Gasteiger partial charge in [-0.25, -0.2) is 14.4 Å². The lowest BCUT2D eigenvalue weighted by atomic mass is 10.1. The first-order valence-electron chi connectivity index (χ1n) is 10.9. The number of aromatic nitrogens is 4. The normalized spacial score (nSPS) is 20.2. The Morgan fingerprint density at radius 2 is 2.11 bits per heavy atom. The van der Waals surface area contributed by atoms with E-state index in [4.69, 9.17) is 4.18 Å². The molecule has 186 valence electrons. The molecule has 4 rings (SSSR count). The third-order valence-electron chi connectivity index (χ3n) is 5.75. The van der Waals surface area contributed by atoms with Crippen molar-refractivity contribution in [3.8, 4) is 0 Å². The predicted octanol–water partition coefficient (Wildman–Crippen LogP) is 1.18. The van der Waals surface area contributed by atoms with Crippen LogP contribution >= 0.6 is 0 Å². The summed E-state index contributed by atoms with van der Waals surface area (Å²) in [6.07, 6.45) is 2.61. The molecule has 1 aliphatic carbocycles. The quantitative estimate of drug-likeness (QED) is 0.365.